The molecule has 0 spiro atoms. The highest BCUT2D eigenvalue weighted by atomic mass is 32.2. The first-order valence-electron chi connectivity index (χ1n) is 10.2. The number of hydrogen-bond donors (Lipinski definition) is 1. The Morgan fingerprint density at radius 3 is 2.53 bits per heavy atom. The van der Waals surface area contributed by atoms with Gasteiger partial charge in [-0.25, -0.2) is 13.4 Å². The maximum absolute atomic E-state index is 13.2. The average molecular weight is 449 g/mol. The van der Waals surface area contributed by atoms with Crippen molar-refractivity contribution in [3.05, 3.63) is 71.9 Å². The van der Waals surface area contributed by atoms with Crippen LogP contribution in [0.1, 0.15) is 22.5 Å². The van der Waals surface area contributed by atoms with Gasteiger partial charge in [0.25, 0.3) is 11.6 Å². The van der Waals surface area contributed by atoms with Crippen molar-refractivity contribution in [3.63, 3.8) is 0 Å². The third-order valence-electron chi connectivity index (χ3n) is 5.44. The average Bonchev–Trinajstić information content (AvgIpc) is 3.35. The van der Waals surface area contributed by atoms with Crippen molar-refractivity contribution in [1.82, 2.24) is 10.1 Å². The van der Waals surface area contributed by atoms with Crippen LogP contribution in [0.2, 0.25) is 0 Å². The quantitative estimate of drug-likeness (QED) is 0.506. The summed E-state index contributed by atoms with van der Waals surface area (Å²) in [4.78, 5) is 17.7. The minimum Gasteiger partial charge on any atom is -0.335 e. The predicted molar refractivity (Wildman–Crippen MR) is 122 cm³/mol. The molecule has 4 aromatic rings. The molecule has 1 aliphatic heterocycles. The number of sulfonamides is 1. The highest BCUT2D eigenvalue weighted by molar-refractivity contribution is 7.93. The summed E-state index contributed by atoms with van der Waals surface area (Å²) in [6, 6.07) is 18.0. The summed E-state index contributed by atoms with van der Waals surface area (Å²) in [7, 11) is -3.25. The smallest absolute Gasteiger partial charge is 0.259 e. The molecular formula is C23H20N4O4S. The van der Waals surface area contributed by atoms with Crippen molar-refractivity contribution in [3.8, 4) is 11.3 Å². The van der Waals surface area contributed by atoms with Gasteiger partial charge in [-0.3, -0.25) is 9.10 Å². The predicted octanol–water partition coefficient (Wildman–Crippen LogP) is 3.99. The molecule has 3 heterocycles. The number of aromatic nitrogens is 2. The van der Waals surface area contributed by atoms with E-state index in [0.717, 1.165) is 5.56 Å². The number of pyridine rings is 1. The number of aryl methyl sites for hydroxylation is 1. The van der Waals surface area contributed by atoms with Crippen LogP contribution in [0.4, 0.5) is 11.4 Å². The van der Waals surface area contributed by atoms with E-state index in [1.165, 1.54) is 4.31 Å². The number of benzene rings is 2. The van der Waals surface area contributed by atoms with Gasteiger partial charge in [-0.05, 0) is 43.7 Å². The highest BCUT2D eigenvalue weighted by Crippen LogP contribution is 2.29. The summed E-state index contributed by atoms with van der Waals surface area (Å²) in [6.07, 6.45) is 0.612. The minimum atomic E-state index is -3.25. The molecule has 32 heavy (non-hydrogen) atoms. The molecule has 0 saturated carbocycles. The number of rotatable bonds is 4. The van der Waals surface area contributed by atoms with E-state index < -0.39 is 10.0 Å². The zero-order valence-electron chi connectivity index (χ0n) is 17.3. The Balaban J connectivity index is 1.47. The second kappa shape index (κ2) is 7.76. The minimum absolute atomic E-state index is 0.158. The Kier molecular flexibility index (Phi) is 4.90. The van der Waals surface area contributed by atoms with E-state index in [1.54, 1.807) is 37.3 Å². The lowest BCUT2D eigenvalue weighted by molar-refractivity contribution is 0.102. The van der Waals surface area contributed by atoms with Gasteiger partial charge < -0.3 is 9.84 Å². The normalized spacial score (nSPS) is 15.2. The van der Waals surface area contributed by atoms with Crippen LogP contribution in [0, 0.1) is 6.92 Å². The van der Waals surface area contributed by atoms with E-state index in [-0.39, 0.29) is 11.7 Å². The molecule has 1 amide bonds. The van der Waals surface area contributed by atoms with E-state index in [9.17, 15) is 13.2 Å². The fraction of sp³-hybridized carbons (Fsp3) is 0.174. The van der Waals surface area contributed by atoms with E-state index in [1.807, 2.05) is 30.3 Å². The van der Waals surface area contributed by atoms with Crippen LogP contribution in [-0.2, 0) is 10.0 Å². The molecule has 1 saturated heterocycles. The van der Waals surface area contributed by atoms with Gasteiger partial charge in [0, 0.05) is 17.8 Å². The number of nitrogens with zero attached hydrogens (tertiary/aromatic N) is 3. The Labute approximate surface area is 184 Å². The lowest BCUT2D eigenvalue weighted by Crippen LogP contribution is -2.25. The first-order valence-corrected chi connectivity index (χ1v) is 11.8. The molecule has 162 valence electrons. The number of fused-ring (bicyclic) bond motifs is 1. The van der Waals surface area contributed by atoms with Crippen molar-refractivity contribution < 1.29 is 17.7 Å². The third kappa shape index (κ3) is 3.60. The highest BCUT2D eigenvalue weighted by Gasteiger charge is 2.28. The summed E-state index contributed by atoms with van der Waals surface area (Å²) in [6.45, 7) is 2.23. The molecule has 5 rings (SSSR count). The maximum Gasteiger partial charge on any atom is 0.259 e. The summed E-state index contributed by atoms with van der Waals surface area (Å²) in [5.74, 6) is -0.173. The summed E-state index contributed by atoms with van der Waals surface area (Å²) >= 11 is 0. The van der Waals surface area contributed by atoms with E-state index in [0.29, 0.717) is 52.4 Å². The second-order valence-corrected chi connectivity index (χ2v) is 9.62. The van der Waals surface area contributed by atoms with Crippen LogP contribution >= 0.6 is 0 Å². The molecule has 0 radical (unpaired) electrons. The second-order valence-electron chi connectivity index (χ2n) is 7.61. The molecule has 0 unspecified atom stereocenters. The number of nitrogens with one attached hydrogen (secondary N) is 1. The summed E-state index contributed by atoms with van der Waals surface area (Å²) in [5.41, 5.74) is 3.88. The number of amides is 1. The van der Waals surface area contributed by atoms with Crippen LogP contribution in [0.5, 0.6) is 0 Å². The van der Waals surface area contributed by atoms with Crippen LogP contribution in [0.3, 0.4) is 0 Å². The summed E-state index contributed by atoms with van der Waals surface area (Å²) in [5, 5.41) is 7.41. The van der Waals surface area contributed by atoms with E-state index in [4.69, 9.17) is 4.52 Å². The van der Waals surface area contributed by atoms with Gasteiger partial charge in [-0.2, -0.15) is 0 Å². The Hall–Kier alpha value is -3.72. The van der Waals surface area contributed by atoms with Crippen molar-refractivity contribution in [1.29, 1.82) is 0 Å². The maximum atomic E-state index is 13.2. The monoisotopic (exact) mass is 448 g/mol. The van der Waals surface area contributed by atoms with E-state index in [2.05, 4.69) is 15.5 Å². The molecule has 1 fully saturated rings. The van der Waals surface area contributed by atoms with E-state index >= 15 is 0 Å². The molecule has 1 N–H and O–H groups in total. The van der Waals surface area contributed by atoms with Gasteiger partial charge in [0.2, 0.25) is 10.0 Å². The van der Waals surface area contributed by atoms with Crippen LogP contribution in [0.25, 0.3) is 22.4 Å². The van der Waals surface area contributed by atoms with Crippen molar-refractivity contribution in [2.45, 2.75) is 13.3 Å². The van der Waals surface area contributed by atoms with Crippen LogP contribution in [0.15, 0.2) is 65.2 Å². The molecule has 9 heteroatoms. The SMILES string of the molecule is Cc1noc2nc(-c3ccccc3)cc(C(=O)Nc3ccc(N4CCCS4(=O)=O)cc3)c12. The number of carbonyl (C=O) groups is 1. The molecule has 0 bridgehead atoms. The first kappa shape index (κ1) is 20.2. The molecule has 0 aliphatic carbocycles. The molecule has 2 aromatic heterocycles. The zero-order chi connectivity index (χ0) is 22.3. The molecule has 8 nitrogen and oxygen atoms in total. The van der Waals surface area contributed by atoms with Gasteiger partial charge in [0.1, 0.15) is 0 Å². The van der Waals surface area contributed by atoms with Gasteiger partial charge in [-0.1, -0.05) is 35.5 Å². The van der Waals surface area contributed by atoms with Gasteiger partial charge in [0.05, 0.1) is 33.8 Å². The van der Waals surface area contributed by atoms with Crippen molar-refractivity contribution in [2.24, 2.45) is 0 Å². The van der Waals surface area contributed by atoms with Gasteiger partial charge in [0.15, 0.2) is 0 Å². The first-order chi connectivity index (χ1) is 15.4. The van der Waals surface area contributed by atoms with Crippen LogP contribution in [-0.4, -0.2) is 36.8 Å². The topological polar surface area (TPSA) is 105 Å². The largest absolute Gasteiger partial charge is 0.335 e. The molecule has 0 atom stereocenters. The molecule has 1 aliphatic rings. The fourth-order valence-corrected chi connectivity index (χ4v) is 5.43. The van der Waals surface area contributed by atoms with Gasteiger partial charge >= 0.3 is 0 Å². The van der Waals surface area contributed by atoms with Crippen molar-refractivity contribution >= 4 is 38.4 Å². The number of anilines is 2. The zero-order valence-corrected chi connectivity index (χ0v) is 18.1. The summed E-state index contributed by atoms with van der Waals surface area (Å²) < 4.78 is 31.0. The van der Waals surface area contributed by atoms with Crippen molar-refractivity contribution in [2.75, 3.05) is 21.9 Å². The third-order valence-corrected chi connectivity index (χ3v) is 7.31. The number of carbonyl (C=O) groups excluding carboxylic acids is 1. The van der Waals surface area contributed by atoms with Crippen LogP contribution < -0.4 is 9.62 Å². The Bertz CT molecular complexity index is 1410. The Morgan fingerprint density at radius 1 is 1.09 bits per heavy atom. The standard InChI is InChI=1S/C23H20N4O4S/c1-15-21-19(14-20(25-23(21)31-26-15)16-6-3-2-4-7-16)22(28)24-17-8-10-18(11-9-17)27-12-5-13-32(27,29)30/h2-4,6-11,14H,5,12-13H2,1H3,(H,24,28). The molecule has 2 aromatic carbocycles. The lowest BCUT2D eigenvalue weighted by atomic mass is 10.0. The fourth-order valence-electron chi connectivity index (χ4n) is 3.87. The van der Waals surface area contributed by atoms with Gasteiger partial charge in [-0.15, -0.1) is 0 Å². The number of hydrogen-bond acceptors (Lipinski definition) is 6. The molecular weight excluding hydrogens is 428 g/mol. The Morgan fingerprint density at radius 2 is 1.84 bits per heavy atom. The lowest BCUT2D eigenvalue weighted by Gasteiger charge is -2.17.